The number of likely N-dealkylation sites (tertiary alicyclic amines) is 1. The number of carboxylic acids is 2. The molecule has 2 aliphatic rings. The molecule has 1 aliphatic heterocycles. The summed E-state index contributed by atoms with van der Waals surface area (Å²) in [4.78, 5) is 39.4. The summed E-state index contributed by atoms with van der Waals surface area (Å²) in [6.45, 7) is 0.620. The molecule has 1 saturated heterocycles. The fraction of sp³-hybridized carbons (Fsp3) is 0.310. The maximum absolute atomic E-state index is 14.0. The number of carbonyl (C=O) groups excluding carboxylic acids is 1. The highest BCUT2D eigenvalue weighted by atomic mass is 32.2. The van der Waals surface area contributed by atoms with Gasteiger partial charge in [0.25, 0.3) is 0 Å². The third kappa shape index (κ3) is 6.86. The molecule has 1 aromatic heterocycles. The number of rotatable bonds is 9. The van der Waals surface area contributed by atoms with Gasteiger partial charge in [0.1, 0.15) is 5.54 Å². The van der Waals surface area contributed by atoms with Crippen molar-refractivity contribution in [2.75, 3.05) is 19.6 Å². The molecule has 0 spiro atoms. The van der Waals surface area contributed by atoms with Crippen LogP contribution in [0.15, 0.2) is 84.0 Å². The maximum atomic E-state index is 14.0. The molecule has 1 saturated carbocycles. The van der Waals surface area contributed by atoms with Crippen molar-refractivity contribution in [2.45, 2.75) is 41.8 Å². The molecule has 2 fully saturated rings. The highest BCUT2D eigenvalue weighted by Gasteiger charge is 2.67. The Kier molecular flexibility index (Phi) is 9.21. The van der Waals surface area contributed by atoms with Crippen LogP contribution in [-0.2, 0) is 24.4 Å². The van der Waals surface area contributed by atoms with Gasteiger partial charge in [0.05, 0.1) is 4.90 Å². The molecule has 0 unspecified atom stereocenters. The molecule has 3 aromatic rings. The average molecular weight is 620 g/mol. The van der Waals surface area contributed by atoms with Crippen LogP contribution < -0.4 is 0 Å². The molecule has 2 heterocycles. The minimum absolute atomic E-state index is 0.0207. The summed E-state index contributed by atoms with van der Waals surface area (Å²) in [5, 5.41) is 17.5. The van der Waals surface area contributed by atoms with E-state index >= 15 is 0 Å². The molecule has 10 nitrogen and oxygen atoms in total. The van der Waals surface area contributed by atoms with E-state index in [1.54, 1.807) is 29.4 Å². The van der Waals surface area contributed by atoms with Gasteiger partial charge in [-0.1, -0.05) is 42.5 Å². The second-order valence-electron chi connectivity index (χ2n) is 10.0. The van der Waals surface area contributed by atoms with Gasteiger partial charge >= 0.3 is 18.1 Å². The predicted molar refractivity (Wildman–Crippen MR) is 147 cm³/mol. The maximum Gasteiger partial charge on any atom is 0.490 e. The van der Waals surface area contributed by atoms with Crippen molar-refractivity contribution >= 4 is 27.9 Å². The van der Waals surface area contributed by atoms with E-state index in [4.69, 9.17) is 9.90 Å². The lowest BCUT2D eigenvalue weighted by atomic mass is 10.1. The number of amides is 1. The highest BCUT2D eigenvalue weighted by molar-refractivity contribution is 7.89. The number of sulfonamides is 1. The normalized spacial score (nSPS) is 20.0. The quantitative estimate of drug-likeness (QED) is 0.366. The van der Waals surface area contributed by atoms with Gasteiger partial charge in [-0.3, -0.25) is 14.6 Å². The van der Waals surface area contributed by atoms with E-state index in [1.165, 1.54) is 12.1 Å². The summed E-state index contributed by atoms with van der Waals surface area (Å²) in [6.07, 6.45) is -0.434. The van der Waals surface area contributed by atoms with Gasteiger partial charge in [0.15, 0.2) is 0 Å². The lowest BCUT2D eigenvalue weighted by Gasteiger charge is -2.31. The number of hydrogen-bond donors (Lipinski definition) is 2. The third-order valence-electron chi connectivity index (χ3n) is 7.39. The van der Waals surface area contributed by atoms with E-state index in [-0.39, 0.29) is 30.3 Å². The first kappa shape index (κ1) is 31.6. The molecule has 2 atom stereocenters. The molecule has 5 rings (SSSR count). The van der Waals surface area contributed by atoms with E-state index < -0.39 is 39.6 Å². The molecule has 0 bridgehead atoms. The molecule has 2 aromatic carbocycles. The summed E-state index contributed by atoms with van der Waals surface area (Å²) in [5.41, 5.74) is 0.899. The SMILES string of the molecule is O=C(O)C(F)(F)F.O=C1CCCN1CCN([C@]1(C(=O)O)C[C@H]1c1ccccc1)S(=O)(=O)c1ccc(-c2ccncc2)cc1. The predicted octanol–water partition coefficient (Wildman–Crippen LogP) is 4.01. The van der Waals surface area contributed by atoms with E-state index in [0.717, 1.165) is 27.4 Å². The van der Waals surface area contributed by atoms with Crippen LogP contribution in [0, 0.1) is 0 Å². The van der Waals surface area contributed by atoms with Gasteiger partial charge in [0.2, 0.25) is 15.9 Å². The smallest absolute Gasteiger partial charge is 0.480 e. The molecule has 2 N–H and O–H groups in total. The van der Waals surface area contributed by atoms with Crippen molar-refractivity contribution in [2.24, 2.45) is 0 Å². The number of carboxylic acid groups (broad SMARTS) is 2. The lowest BCUT2D eigenvalue weighted by molar-refractivity contribution is -0.192. The third-order valence-corrected chi connectivity index (χ3v) is 9.35. The average Bonchev–Trinajstić information content (AvgIpc) is 3.61. The molecule has 1 aliphatic carbocycles. The second-order valence-corrected chi connectivity index (χ2v) is 11.9. The number of hydrogen-bond acceptors (Lipinski definition) is 6. The number of aromatic nitrogens is 1. The molecular formula is C29H28F3N3O7S. The van der Waals surface area contributed by atoms with Crippen molar-refractivity contribution < 1.29 is 46.2 Å². The van der Waals surface area contributed by atoms with Gasteiger partial charge in [-0.15, -0.1) is 0 Å². The van der Waals surface area contributed by atoms with Crippen molar-refractivity contribution in [3.8, 4) is 11.1 Å². The second kappa shape index (κ2) is 12.5. The van der Waals surface area contributed by atoms with Crippen molar-refractivity contribution in [3.05, 3.63) is 84.7 Å². The minimum atomic E-state index is -5.08. The number of nitrogens with zero attached hydrogens (tertiary/aromatic N) is 3. The van der Waals surface area contributed by atoms with E-state index in [9.17, 15) is 36.3 Å². The lowest BCUT2D eigenvalue weighted by Crippen LogP contribution is -2.51. The summed E-state index contributed by atoms with van der Waals surface area (Å²) >= 11 is 0. The first-order valence-corrected chi connectivity index (χ1v) is 14.6. The largest absolute Gasteiger partial charge is 0.490 e. The van der Waals surface area contributed by atoms with Crippen LogP contribution in [0.2, 0.25) is 0 Å². The van der Waals surface area contributed by atoms with Gasteiger partial charge in [-0.2, -0.15) is 17.5 Å². The summed E-state index contributed by atoms with van der Waals surface area (Å²) in [5.74, 6) is -4.45. The van der Waals surface area contributed by atoms with Crippen LogP contribution in [0.3, 0.4) is 0 Å². The van der Waals surface area contributed by atoms with Gasteiger partial charge in [0, 0.05) is 44.4 Å². The Balaban J connectivity index is 0.000000541. The standard InChI is InChI=1S/C27H27N3O5S.C2HF3O2/c31-25-7-4-16-29(25)17-18-30(27(26(32)33)19-24(27)22-5-2-1-3-6-22)36(34,35)23-10-8-20(9-11-23)21-12-14-28-15-13-21;3-2(4,5)1(6)7/h1-3,5-6,8-15,24H,4,7,16-19H2,(H,32,33);(H,6,7)/t24-,27+;/m0./s1. The van der Waals surface area contributed by atoms with Crippen LogP contribution >= 0.6 is 0 Å². The first-order chi connectivity index (χ1) is 20.3. The fourth-order valence-corrected chi connectivity index (χ4v) is 6.89. The number of aliphatic carboxylic acids is 2. The van der Waals surface area contributed by atoms with Crippen molar-refractivity contribution in [1.82, 2.24) is 14.2 Å². The Bertz CT molecular complexity index is 1570. The number of alkyl halides is 3. The van der Waals surface area contributed by atoms with Crippen LogP contribution in [0.4, 0.5) is 13.2 Å². The van der Waals surface area contributed by atoms with Crippen LogP contribution in [-0.4, -0.2) is 82.0 Å². The summed E-state index contributed by atoms with van der Waals surface area (Å²) in [7, 11) is -4.19. The Labute approximate surface area is 245 Å². The Morgan fingerprint density at radius 3 is 2.07 bits per heavy atom. The topological polar surface area (TPSA) is 145 Å². The number of halogens is 3. The van der Waals surface area contributed by atoms with Gasteiger partial charge in [-0.05, 0) is 53.8 Å². The summed E-state index contributed by atoms with van der Waals surface area (Å²) in [6, 6.07) is 19.2. The molecule has 1 amide bonds. The Hall–Kier alpha value is -4.30. The van der Waals surface area contributed by atoms with E-state index in [1.807, 2.05) is 42.5 Å². The molecule has 228 valence electrons. The zero-order valence-corrected chi connectivity index (χ0v) is 23.5. The van der Waals surface area contributed by atoms with Crippen LogP contribution in [0.25, 0.3) is 11.1 Å². The number of carbonyl (C=O) groups is 3. The monoisotopic (exact) mass is 619 g/mol. The zero-order chi connectivity index (χ0) is 31.4. The van der Waals surface area contributed by atoms with Crippen LogP contribution in [0.1, 0.15) is 30.7 Å². The first-order valence-electron chi connectivity index (χ1n) is 13.2. The van der Waals surface area contributed by atoms with E-state index in [0.29, 0.717) is 13.0 Å². The van der Waals surface area contributed by atoms with Crippen molar-refractivity contribution in [1.29, 1.82) is 0 Å². The van der Waals surface area contributed by atoms with Crippen molar-refractivity contribution in [3.63, 3.8) is 0 Å². The van der Waals surface area contributed by atoms with Gasteiger partial charge < -0.3 is 15.1 Å². The number of pyridine rings is 1. The minimum Gasteiger partial charge on any atom is -0.480 e. The Morgan fingerprint density at radius 2 is 1.56 bits per heavy atom. The van der Waals surface area contributed by atoms with Gasteiger partial charge in [-0.25, -0.2) is 13.2 Å². The number of benzene rings is 2. The highest BCUT2D eigenvalue weighted by Crippen LogP contribution is 2.57. The molecular weight excluding hydrogens is 591 g/mol. The summed E-state index contributed by atoms with van der Waals surface area (Å²) < 4.78 is 60.8. The molecule has 43 heavy (non-hydrogen) atoms. The molecule has 14 heteroatoms. The van der Waals surface area contributed by atoms with E-state index in [2.05, 4.69) is 4.98 Å². The zero-order valence-electron chi connectivity index (χ0n) is 22.6. The Morgan fingerprint density at radius 1 is 0.977 bits per heavy atom. The molecule has 0 radical (unpaired) electrons. The van der Waals surface area contributed by atoms with Crippen LogP contribution in [0.5, 0.6) is 0 Å². The fourth-order valence-electron chi connectivity index (χ4n) is 5.13.